The number of hydrogen-bond donors (Lipinski definition) is 0. The van der Waals surface area contributed by atoms with Crippen molar-refractivity contribution in [3.63, 3.8) is 0 Å². The predicted octanol–water partition coefficient (Wildman–Crippen LogP) is 4.37. The molecule has 0 bridgehead atoms. The summed E-state index contributed by atoms with van der Waals surface area (Å²) in [5.74, 6) is 0. The minimum atomic E-state index is -0.346. The van der Waals surface area contributed by atoms with Gasteiger partial charge in [0.2, 0.25) is 0 Å². The van der Waals surface area contributed by atoms with E-state index in [1.54, 1.807) is 0 Å². The van der Waals surface area contributed by atoms with Crippen LogP contribution in [0.1, 0.15) is 59.3 Å². The van der Waals surface area contributed by atoms with Crippen LogP contribution in [0.25, 0.3) is 0 Å². The molecular formula is C15H31ClO3. The summed E-state index contributed by atoms with van der Waals surface area (Å²) >= 11 is 6.31. The highest BCUT2D eigenvalue weighted by Gasteiger charge is 2.20. The number of halogens is 1. The average molecular weight is 295 g/mol. The second-order valence-corrected chi connectivity index (χ2v) is 5.32. The third-order valence-electron chi connectivity index (χ3n) is 2.77. The van der Waals surface area contributed by atoms with Crippen LogP contribution in [0.4, 0.5) is 0 Å². The van der Waals surface area contributed by atoms with E-state index < -0.39 is 0 Å². The first kappa shape index (κ1) is 19.2. The molecule has 19 heavy (non-hydrogen) atoms. The van der Waals surface area contributed by atoms with E-state index in [1.807, 2.05) is 0 Å². The molecule has 4 heteroatoms. The van der Waals surface area contributed by atoms with Crippen molar-refractivity contribution in [3.05, 3.63) is 0 Å². The van der Waals surface area contributed by atoms with Crippen molar-refractivity contribution in [2.75, 3.05) is 26.4 Å². The molecule has 1 atom stereocenters. The van der Waals surface area contributed by atoms with Gasteiger partial charge in [0.25, 0.3) is 0 Å². The summed E-state index contributed by atoms with van der Waals surface area (Å²) in [6.45, 7) is 9.08. The number of ether oxygens (including phenoxy) is 3. The van der Waals surface area contributed by atoms with Gasteiger partial charge in [-0.25, -0.2) is 0 Å². The van der Waals surface area contributed by atoms with Crippen LogP contribution >= 0.6 is 11.6 Å². The zero-order valence-corrected chi connectivity index (χ0v) is 13.6. The minimum Gasteiger partial charge on any atom is -0.380 e. The standard InChI is InChI=1S/C15H31ClO3/c1-4-7-10-17-13-14(16)15(18-11-8-5-2)19-12-9-6-3/h14-15H,4-13H2,1-3H3. The molecule has 0 amide bonds. The number of rotatable bonds is 14. The Morgan fingerprint density at radius 2 is 1.26 bits per heavy atom. The monoisotopic (exact) mass is 294 g/mol. The maximum atomic E-state index is 6.31. The van der Waals surface area contributed by atoms with Gasteiger partial charge in [-0.1, -0.05) is 40.0 Å². The SMILES string of the molecule is CCCCOCC(Cl)C(OCCCC)OCCCC. The molecule has 0 spiro atoms. The van der Waals surface area contributed by atoms with E-state index in [1.165, 1.54) is 0 Å². The van der Waals surface area contributed by atoms with Gasteiger partial charge in [0, 0.05) is 19.8 Å². The van der Waals surface area contributed by atoms with E-state index in [4.69, 9.17) is 25.8 Å². The molecule has 0 fully saturated rings. The Morgan fingerprint density at radius 1 is 0.789 bits per heavy atom. The molecule has 0 aliphatic heterocycles. The van der Waals surface area contributed by atoms with Gasteiger partial charge in [0.05, 0.1) is 6.61 Å². The van der Waals surface area contributed by atoms with Crippen molar-refractivity contribution in [3.8, 4) is 0 Å². The summed E-state index contributed by atoms with van der Waals surface area (Å²) in [4.78, 5) is 0. The molecule has 0 radical (unpaired) electrons. The molecule has 0 heterocycles. The van der Waals surface area contributed by atoms with E-state index in [-0.39, 0.29) is 11.7 Å². The van der Waals surface area contributed by atoms with Crippen molar-refractivity contribution in [1.29, 1.82) is 0 Å². The van der Waals surface area contributed by atoms with Crippen LogP contribution in [0.5, 0.6) is 0 Å². The fourth-order valence-electron chi connectivity index (χ4n) is 1.47. The second kappa shape index (κ2) is 14.6. The summed E-state index contributed by atoms with van der Waals surface area (Å²) in [6, 6.07) is 0. The molecule has 0 aromatic rings. The predicted molar refractivity (Wildman–Crippen MR) is 80.9 cm³/mol. The Labute approximate surface area is 123 Å². The summed E-state index contributed by atoms with van der Waals surface area (Å²) in [7, 11) is 0. The third-order valence-corrected chi connectivity index (χ3v) is 3.11. The number of hydrogen-bond acceptors (Lipinski definition) is 3. The van der Waals surface area contributed by atoms with Crippen molar-refractivity contribution in [2.24, 2.45) is 0 Å². The van der Waals surface area contributed by atoms with E-state index in [0.29, 0.717) is 19.8 Å². The van der Waals surface area contributed by atoms with Crippen molar-refractivity contribution in [2.45, 2.75) is 71.0 Å². The van der Waals surface area contributed by atoms with Gasteiger partial charge in [0.15, 0.2) is 6.29 Å². The van der Waals surface area contributed by atoms with Crippen molar-refractivity contribution >= 4 is 11.6 Å². The van der Waals surface area contributed by atoms with Gasteiger partial charge in [-0.15, -0.1) is 11.6 Å². The summed E-state index contributed by atoms with van der Waals surface area (Å²) in [6.07, 6.45) is 6.16. The first-order valence-electron chi connectivity index (χ1n) is 7.71. The smallest absolute Gasteiger partial charge is 0.176 e. The molecule has 0 rings (SSSR count). The Hall–Kier alpha value is 0.170. The van der Waals surface area contributed by atoms with Gasteiger partial charge >= 0.3 is 0 Å². The van der Waals surface area contributed by atoms with Crippen LogP contribution in [-0.2, 0) is 14.2 Å². The average Bonchev–Trinajstić information content (AvgIpc) is 2.42. The first-order valence-corrected chi connectivity index (χ1v) is 8.14. The molecule has 0 N–H and O–H groups in total. The Kier molecular flexibility index (Phi) is 14.7. The van der Waals surface area contributed by atoms with Gasteiger partial charge in [0.1, 0.15) is 5.38 Å². The Bertz CT molecular complexity index is 169. The molecule has 3 nitrogen and oxygen atoms in total. The zero-order valence-electron chi connectivity index (χ0n) is 12.8. The molecule has 0 aromatic carbocycles. The van der Waals surface area contributed by atoms with Gasteiger partial charge in [-0.2, -0.15) is 0 Å². The minimum absolute atomic E-state index is 0.231. The lowest BCUT2D eigenvalue weighted by atomic mass is 10.3. The lowest BCUT2D eigenvalue weighted by molar-refractivity contribution is -0.150. The van der Waals surface area contributed by atoms with E-state index in [0.717, 1.165) is 45.1 Å². The van der Waals surface area contributed by atoms with Crippen LogP contribution in [-0.4, -0.2) is 38.1 Å². The number of unbranched alkanes of at least 4 members (excludes halogenated alkanes) is 3. The Balaban J connectivity index is 3.90. The Morgan fingerprint density at radius 3 is 1.74 bits per heavy atom. The highest BCUT2D eigenvalue weighted by Crippen LogP contribution is 2.12. The van der Waals surface area contributed by atoms with Gasteiger partial charge in [-0.05, 0) is 19.3 Å². The lowest BCUT2D eigenvalue weighted by Gasteiger charge is -2.23. The molecular weight excluding hydrogens is 264 g/mol. The molecule has 1 unspecified atom stereocenters. The topological polar surface area (TPSA) is 27.7 Å². The largest absolute Gasteiger partial charge is 0.380 e. The van der Waals surface area contributed by atoms with Crippen LogP contribution in [0, 0.1) is 0 Å². The fraction of sp³-hybridized carbons (Fsp3) is 1.00. The quantitative estimate of drug-likeness (QED) is 0.270. The zero-order chi connectivity index (χ0) is 14.3. The van der Waals surface area contributed by atoms with Crippen LogP contribution in [0.3, 0.4) is 0 Å². The highest BCUT2D eigenvalue weighted by atomic mass is 35.5. The maximum absolute atomic E-state index is 6.31. The van der Waals surface area contributed by atoms with Crippen LogP contribution < -0.4 is 0 Å². The van der Waals surface area contributed by atoms with E-state index >= 15 is 0 Å². The molecule has 0 aliphatic rings. The normalized spacial score (nSPS) is 13.1. The highest BCUT2D eigenvalue weighted by molar-refractivity contribution is 6.21. The lowest BCUT2D eigenvalue weighted by Crippen LogP contribution is -2.32. The number of alkyl halides is 1. The third kappa shape index (κ3) is 11.7. The van der Waals surface area contributed by atoms with Crippen molar-refractivity contribution in [1.82, 2.24) is 0 Å². The van der Waals surface area contributed by atoms with Crippen LogP contribution in [0.15, 0.2) is 0 Å². The van der Waals surface area contributed by atoms with Gasteiger partial charge in [-0.3, -0.25) is 0 Å². The molecule has 0 aromatic heterocycles. The van der Waals surface area contributed by atoms with E-state index in [9.17, 15) is 0 Å². The summed E-state index contributed by atoms with van der Waals surface area (Å²) in [5.41, 5.74) is 0. The first-order chi connectivity index (χ1) is 9.26. The molecule has 0 saturated heterocycles. The van der Waals surface area contributed by atoms with Crippen molar-refractivity contribution < 1.29 is 14.2 Å². The summed E-state index contributed by atoms with van der Waals surface area (Å²) < 4.78 is 17.0. The molecule has 116 valence electrons. The fourth-order valence-corrected chi connectivity index (χ4v) is 1.70. The van der Waals surface area contributed by atoms with Crippen LogP contribution in [0.2, 0.25) is 0 Å². The van der Waals surface area contributed by atoms with Gasteiger partial charge < -0.3 is 14.2 Å². The molecule has 0 aliphatic carbocycles. The van der Waals surface area contributed by atoms with E-state index in [2.05, 4.69) is 20.8 Å². The summed E-state index contributed by atoms with van der Waals surface area (Å²) in [5, 5.41) is -0.231. The molecule has 0 saturated carbocycles. The maximum Gasteiger partial charge on any atom is 0.176 e. The second-order valence-electron chi connectivity index (χ2n) is 4.76.